The van der Waals surface area contributed by atoms with Gasteiger partial charge in [0.05, 0.1) is 5.92 Å². The van der Waals surface area contributed by atoms with Crippen LogP contribution in [0, 0.1) is 5.92 Å². The molecule has 5 nitrogen and oxygen atoms in total. The number of urea groups is 1. The number of piperidine rings is 1. The van der Waals surface area contributed by atoms with Gasteiger partial charge in [-0.05, 0) is 19.3 Å². The van der Waals surface area contributed by atoms with E-state index in [9.17, 15) is 9.59 Å². The largest absolute Gasteiger partial charge is 0.481 e. The number of carboxylic acid groups (broad SMARTS) is 1. The second-order valence-electron chi connectivity index (χ2n) is 5.25. The zero-order valence-electron chi connectivity index (χ0n) is 11.4. The Labute approximate surface area is 118 Å². The number of nitrogens with zero attached hydrogens (tertiary/aromatic N) is 2. The number of aliphatic carboxylic acids is 1. The third kappa shape index (κ3) is 3.55. The summed E-state index contributed by atoms with van der Waals surface area (Å²) in [5.74, 6) is -0.183. The Bertz CT molecular complexity index is 351. The van der Waals surface area contributed by atoms with Gasteiger partial charge in [-0.1, -0.05) is 6.92 Å². The summed E-state index contributed by atoms with van der Waals surface area (Å²) in [4.78, 5) is 27.1. The van der Waals surface area contributed by atoms with Crippen molar-refractivity contribution in [1.29, 1.82) is 0 Å². The Balaban J connectivity index is 1.93. The van der Waals surface area contributed by atoms with Crippen molar-refractivity contribution < 1.29 is 14.7 Å². The highest BCUT2D eigenvalue weighted by Gasteiger charge is 2.32. The molecule has 2 saturated heterocycles. The Morgan fingerprint density at radius 3 is 2.68 bits per heavy atom. The summed E-state index contributed by atoms with van der Waals surface area (Å²) < 4.78 is 0. The Morgan fingerprint density at radius 1 is 1.26 bits per heavy atom. The Kier molecular flexibility index (Phi) is 4.96. The number of likely N-dealkylation sites (tertiary alicyclic amines) is 1. The van der Waals surface area contributed by atoms with Crippen molar-refractivity contribution in [1.82, 2.24) is 9.80 Å². The number of thioether (sulfide) groups is 1. The molecule has 0 aromatic rings. The Hall–Kier alpha value is -0.910. The van der Waals surface area contributed by atoms with E-state index in [-0.39, 0.29) is 11.9 Å². The van der Waals surface area contributed by atoms with Crippen LogP contribution >= 0.6 is 11.8 Å². The number of carboxylic acids is 1. The first-order chi connectivity index (χ1) is 9.11. The van der Waals surface area contributed by atoms with Gasteiger partial charge in [-0.25, -0.2) is 4.79 Å². The second-order valence-corrected chi connectivity index (χ2v) is 6.66. The van der Waals surface area contributed by atoms with Crippen LogP contribution in [0.3, 0.4) is 0 Å². The quantitative estimate of drug-likeness (QED) is 0.840. The van der Waals surface area contributed by atoms with E-state index in [4.69, 9.17) is 5.11 Å². The highest BCUT2D eigenvalue weighted by atomic mass is 32.2. The summed E-state index contributed by atoms with van der Waals surface area (Å²) >= 11 is 1.93. The molecule has 0 aliphatic carbocycles. The molecular weight excluding hydrogens is 264 g/mol. The van der Waals surface area contributed by atoms with Crippen LogP contribution in [0.4, 0.5) is 4.79 Å². The molecule has 2 aliphatic heterocycles. The predicted molar refractivity (Wildman–Crippen MR) is 75.4 cm³/mol. The van der Waals surface area contributed by atoms with Crippen LogP contribution in [0.25, 0.3) is 0 Å². The van der Waals surface area contributed by atoms with Gasteiger partial charge >= 0.3 is 12.0 Å². The summed E-state index contributed by atoms with van der Waals surface area (Å²) in [6.07, 6.45) is 2.56. The molecule has 1 unspecified atom stereocenters. The molecular formula is C13H22N2O3S. The van der Waals surface area contributed by atoms with Gasteiger partial charge in [0.1, 0.15) is 0 Å². The fourth-order valence-corrected chi connectivity index (χ4v) is 3.87. The first-order valence-corrected chi connectivity index (χ1v) is 8.05. The second kappa shape index (κ2) is 6.50. The number of amides is 2. The normalized spacial score (nSPS) is 28.3. The van der Waals surface area contributed by atoms with E-state index in [2.05, 4.69) is 6.92 Å². The molecule has 6 heteroatoms. The number of carbonyl (C=O) groups is 2. The zero-order valence-corrected chi connectivity index (χ0v) is 12.2. The molecule has 1 N–H and O–H groups in total. The molecule has 2 atom stereocenters. The summed E-state index contributed by atoms with van der Waals surface area (Å²) in [5.41, 5.74) is 0. The topological polar surface area (TPSA) is 60.9 Å². The maximum Gasteiger partial charge on any atom is 0.320 e. The van der Waals surface area contributed by atoms with E-state index in [1.165, 1.54) is 0 Å². The van der Waals surface area contributed by atoms with Crippen LogP contribution in [-0.2, 0) is 4.79 Å². The van der Waals surface area contributed by atoms with Gasteiger partial charge in [0.15, 0.2) is 0 Å². The summed E-state index contributed by atoms with van der Waals surface area (Å²) in [6, 6.07) is 0.0321. The van der Waals surface area contributed by atoms with Gasteiger partial charge in [0.25, 0.3) is 0 Å². The highest BCUT2D eigenvalue weighted by Crippen LogP contribution is 2.24. The maximum atomic E-state index is 12.4. The van der Waals surface area contributed by atoms with Gasteiger partial charge in [-0.2, -0.15) is 11.8 Å². The van der Waals surface area contributed by atoms with Crippen LogP contribution in [-0.4, -0.2) is 64.1 Å². The van der Waals surface area contributed by atoms with Gasteiger partial charge < -0.3 is 14.9 Å². The summed E-state index contributed by atoms with van der Waals surface area (Å²) in [7, 11) is 0. The molecule has 2 amide bonds. The van der Waals surface area contributed by atoms with E-state index >= 15 is 0 Å². The average molecular weight is 286 g/mol. The molecule has 0 bridgehead atoms. The molecule has 0 aromatic carbocycles. The van der Waals surface area contributed by atoms with Crippen molar-refractivity contribution in [2.75, 3.05) is 31.9 Å². The van der Waals surface area contributed by atoms with Gasteiger partial charge in [0, 0.05) is 37.2 Å². The van der Waals surface area contributed by atoms with E-state index in [1.807, 2.05) is 16.7 Å². The van der Waals surface area contributed by atoms with E-state index in [0.29, 0.717) is 24.8 Å². The van der Waals surface area contributed by atoms with Crippen LogP contribution in [0.1, 0.15) is 26.2 Å². The molecule has 2 fully saturated rings. The number of carbonyl (C=O) groups excluding carboxylic acids is 1. The van der Waals surface area contributed by atoms with Crippen molar-refractivity contribution in [3.8, 4) is 0 Å². The average Bonchev–Trinajstić information content (AvgIpc) is 2.46. The SMILES string of the molecule is CCC1CN(C(=O)N2CCC[C@H](C(=O)O)C2)CCS1. The van der Waals surface area contributed by atoms with Crippen LogP contribution < -0.4 is 0 Å². The zero-order chi connectivity index (χ0) is 13.8. The molecule has 2 heterocycles. The molecule has 0 radical (unpaired) electrons. The van der Waals surface area contributed by atoms with Crippen molar-refractivity contribution in [3.63, 3.8) is 0 Å². The van der Waals surface area contributed by atoms with Gasteiger partial charge in [-0.3, -0.25) is 4.79 Å². The third-order valence-corrected chi connectivity index (χ3v) is 5.28. The minimum atomic E-state index is -0.780. The van der Waals surface area contributed by atoms with Crippen molar-refractivity contribution in [2.24, 2.45) is 5.92 Å². The minimum Gasteiger partial charge on any atom is -0.481 e. The summed E-state index contributed by atoms with van der Waals surface area (Å²) in [6.45, 7) is 4.80. The van der Waals surface area contributed by atoms with Crippen molar-refractivity contribution >= 4 is 23.8 Å². The van der Waals surface area contributed by atoms with Crippen molar-refractivity contribution in [3.05, 3.63) is 0 Å². The number of rotatable bonds is 2. The van der Waals surface area contributed by atoms with Crippen LogP contribution in [0.5, 0.6) is 0 Å². The lowest BCUT2D eigenvalue weighted by atomic mass is 9.98. The lowest BCUT2D eigenvalue weighted by Gasteiger charge is -2.38. The van der Waals surface area contributed by atoms with E-state index < -0.39 is 5.97 Å². The lowest BCUT2D eigenvalue weighted by molar-refractivity contribution is -0.143. The van der Waals surface area contributed by atoms with Gasteiger partial charge in [0.2, 0.25) is 0 Å². The molecule has 108 valence electrons. The third-order valence-electron chi connectivity index (χ3n) is 3.91. The molecule has 19 heavy (non-hydrogen) atoms. The smallest absolute Gasteiger partial charge is 0.320 e. The highest BCUT2D eigenvalue weighted by molar-refractivity contribution is 8.00. The van der Waals surface area contributed by atoms with Crippen LogP contribution in [0.15, 0.2) is 0 Å². The van der Waals surface area contributed by atoms with Gasteiger partial charge in [-0.15, -0.1) is 0 Å². The lowest BCUT2D eigenvalue weighted by Crippen LogP contribution is -2.52. The molecule has 0 spiro atoms. The first kappa shape index (κ1) is 14.5. The summed E-state index contributed by atoms with van der Waals surface area (Å²) in [5, 5.41) is 9.60. The van der Waals surface area contributed by atoms with Crippen LogP contribution in [0.2, 0.25) is 0 Å². The standard InChI is InChI=1S/C13H22N2O3S/c1-2-11-9-15(6-7-19-11)13(18)14-5-3-4-10(8-14)12(16)17/h10-11H,2-9H2,1H3,(H,16,17)/t10-,11?/m0/s1. The Morgan fingerprint density at radius 2 is 2.00 bits per heavy atom. The number of hydrogen-bond donors (Lipinski definition) is 1. The molecule has 0 saturated carbocycles. The maximum absolute atomic E-state index is 12.4. The fraction of sp³-hybridized carbons (Fsp3) is 0.846. The minimum absolute atomic E-state index is 0.0321. The predicted octanol–water partition coefficient (Wildman–Crippen LogP) is 1.73. The van der Waals surface area contributed by atoms with E-state index in [1.54, 1.807) is 4.90 Å². The van der Waals surface area contributed by atoms with Crippen molar-refractivity contribution in [2.45, 2.75) is 31.4 Å². The fourth-order valence-electron chi connectivity index (χ4n) is 2.69. The molecule has 2 aliphatic rings. The monoisotopic (exact) mass is 286 g/mol. The first-order valence-electron chi connectivity index (χ1n) is 7.00. The molecule has 0 aromatic heterocycles. The van der Waals surface area contributed by atoms with E-state index in [0.717, 1.165) is 31.7 Å². The molecule has 2 rings (SSSR count). The number of hydrogen-bond acceptors (Lipinski definition) is 3.